The Kier molecular flexibility index (Phi) is 4.01. The van der Waals surface area contributed by atoms with Gasteiger partial charge >= 0.3 is 0 Å². The van der Waals surface area contributed by atoms with E-state index >= 15 is 0 Å². The summed E-state index contributed by atoms with van der Waals surface area (Å²) in [6.07, 6.45) is 1.68. The normalized spacial score (nSPS) is 10.3. The number of nitrogens with zero attached hydrogens (tertiary/aromatic N) is 3. The highest BCUT2D eigenvalue weighted by Crippen LogP contribution is 2.14. The Labute approximate surface area is 115 Å². The van der Waals surface area contributed by atoms with Crippen LogP contribution in [0.1, 0.15) is 16.1 Å². The molecule has 0 spiro atoms. The number of pyridine rings is 1. The van der Waals surface area contributed by atoms with Crippen molar-refractivity contribution in [1.29, 1.82) is 0 Å². The zero-order valence-electron chi connectivity index (χ0n) is 10.6. The Balaban J connectivity index is 2.08. The van der Waals surface area contributed by atoms with Gasteiger partial charge in [0, 0.05) is 25.9 Å². The number of carbonyl (C=O) groups is 1. The fourth-order valence-electron chi connectivity index (χ4n) is 1.60. The Hall–Kier alpha value is -2.08. The summed E-state index contributed by atoms with van der Waals surface area (Å²) in [5.41, 5.74) is 1.38. The first-order chi connectivity index (χ1) is 9.10. The number of aromatic nitrogens is 3. The third kappa shape index (κ3) is 3.23. The lowest BCUT2D eigenvalue weighted by molar-refractivity contribution is 0.0950. The van der Waals surface area contributed by atoms with E-state index in [-0.39, 0.29) is 11.1 Å². The number of nitrogens with one attached hydrogen (secondary N) is 2. The number of halogens is 1. The number of anilines is 1. The molecule has 0 aromatic carbocycles. The number of hydrogen-bond acceptors (Lipinski definition) is 4. The van der Waals surface area contributed by atoms with Crippen molar-refractivity contribution in [2.45, 2.75) is 6.54 Å². The first kappa shape index (κ1) is 13.4. The predicted molar refractivity (Wildman–Crippen MR) is 73.2 cm³/mol. The number of rotatable bonds is 4. The zero-order valence-corrected chi connectivity index (χ0v) is 11.4. The van der Waals surface area contributed by atoms with Gasteiger partial charge in [0.05, 0.1) is 12.2 Å². The van der Waals surface area contributed by atoms with Gasteiger partial charge in [0.2, 0.25) is 0 Å². The highest BCUT2D eigenvalue weighted by atomic mass is 35.5. The highest BCUT2D eigenvalue weighted by Gasteiger charge is 2.09. The molecule has 0 atom stereocenters. The number of amides is 1. The van der Waals surface area contributed by atoms with Crippen LogP contribution in [0.5, 0.6) is 0 Å². The van der Waals surface area contributed by atoms with Crippen LogP contribution >= 0.6 is 11.6 Å². The zero-order chi connectivity index (χ0) is 13.8. The van der Waals surface area contributed by atoms with Crippen LogP contribution in [0.3, 0.4) is 0 Å². The molecule has 2 N–H and O–H groups in total. The molecule has 0 aliphatic rings. The van der Waals surface area contributed by atoms with Crippen LogP contribution in [-0.2, 0) is 13.6 Å². The monoisotopic (exact) mass is 279 g/mol. The smallest absolute Gasteiger partial charge is 0.251 e. The van der Waals surface area contributed by atoms with Crippen LogP contribution in [0.15, 0.2) is 24.4 Å². The number of hydrogen-bond donors (Lipinski definition) is 2. The van der Waals surface area contributed by atoms with E-state index in [9.17, 15) is 4.79 Å². The molecule has 0 aliphatic heterocycles. The van der Waals surface area contributed by atoms with Gasteiger partial charge in [-0.3, -0.25) is 9.48 Å². The number of carbonyl (C=O) groups excluding carboxylic acids is 1. The third-order valence-corrected chi connectivity index (χ3v) is 2.86. The van der Waals surface area contributed by atoms with Gasteiger partial charge in [0.15, 0.2) is 0 Å². The molecule has 0 bridgehead atoms. The molecular weight excluding hydrogens is 266 g/mol. The van der Waals surface area contributed by atoms with Crippen molar-refractivity contribution in [3.8, 4) is 0 Å². The minimum Gasteiger partial charge on any atom is -0.373 e. The van der Waals surface area contributed by atoms with Crippen molar-refractivity contribution in [2.24, 2.45) is 7.05 Å². The van der Waals surface area contributed by atoms with Crippen molar-refractivity contribution < 1.29 is 4.79 Å². The largest absolute Gasteiger partial charge is 0.373 e. The lowest BCUT2D eigenvalue weighted by Crippen LogP contribution is -2.24. The van der Waals surface area contributed by atoms with Gasteiger partial charge in [-0.15, -0.1) is 0 Å². The minimum atomic E-state index is -0.206. The van der Waals surface area contributed by atoms with Crippen LogP contribution in [-0.4, -0.2) is 27.7 Å². The summed E-state index contributed by atoms with van der Waals surface area (Å²) in [5.74, 6) is 0.347. The quantitative estimate of drug-likeness (QED) is 0.831. The molecule has 2 heterocycles. The summed E-state index contributed by atoms with van der Waals surface area (Å²) in [6, 6.07) is 5.02. The average Bonchev–Trinajstić information content (AvgIpc) is 2.80. The molecule has 19 heavy (non-hydrogen) atoms. The molecule has 0 saturated carbocycles. The van der Waals surface area contributed by atoms with E-state index < -0.39 is 0 Å². The Morgan fingerprint density at radius 2 is 2.26 bits per heavy atom. The van der Waals surface area contributed by atoms with E-state index in [0.717, 1.165) is 5.69 Å². The molecule has 0 radical (unpaired) electrons. The lowest BCUT2D eigenvalue weighted by atomic mass is 10.2. The second kappa shape index (κ2) is 5.71. The second-order valence-electron chi connectivity index (χ2n) is 3.94. The van der Waals surface area contributed by atoms with E-state index in [1.54, 1.807) is 24.0 Å². The Bertz CT molecular complexity index is 596. The second-order valence-corrected chi connectivity index (χ2v) is 4.33. The molecule has 7 heteroatoms. The van der Waals surface area contributed by atoms with Gasteiger partial charge in [0.1, 0.15) is 11.0 Å². The Morgan fingerprint density at radius 3 is 2.89 bits per heavy atom. The molecule has 1 amide bonds. The van der Waals surface area contributed by atoms with E-state index in [1.807, 2.05) is 13.1 Å². The fraction of sp³-hybridized carbons (Fsp3) is 0.250. The van der Waals surface area contributed by atoms with E-state index in [2.05, 4.69) is 20.7 Å². The summed E-state index contributed by atoms with van der Waals surface area (Å²) in [6.45, 7) is 0.407. The summed E-state index contributed by atoms with van der Waals surface area (Å²) in [7, 11) is 3.54. The maximum absolute atomic E-state index is 12.0. The average molecular weight is 280 g/mol. The van der Waals surface area contributed by atoms with Crippen LogP contribution in [0, 0.1) is 0 Å². The molecule has 0 saturated heterocycles. The minimum absolute atomic E-state index is 0.206. The van der Waals surface area contributed by atoms with E-state index in [4.69, 9.17) is 11.6 Å². The third-order valence-electron chi connectivity index (χ3n) is 2.66. The molecule has 2 aromatic rings. The first-order valence-electron chi connectivity index (χ1n) is 5.70. The van der Waals surface area contributed by atoms with Gasteiger partial charge < -0.3 is 10.6 Å². The van der Waals surface area contributed by atoms with Crippen LogP contribution in [0.2, 0.25) is 5.15 Å². The number of aryl methyl sites for hydroxylation is 1. The van der Waals surface area contributed by atoms with Gasteiger partial charge in [-0.1, -0.05) is 11.6 Å². The van der Waals surface area contributed by atoms with E-state index in [1.165, 1.54) is 6.07 Å². The lowest BCUT2D eigenvalue weighted by Gasteiger charge is -2.07. The summed E-state index contributed by atoms with van der Waals surface area (Å²) in [5, 5.41) is 9.97. The summed E-state index contributed by atoms with van der Waals surface area (Å²) >= 11 is 5.85. The van der Waals surface area contributed by atoms with Crippen molar-refractivity contribution >= 4 is 23.3 Å². The standard InChI is InChI=1S/C12H14ClN5O/c1-14-11-6-8(5-10(13)17-11)12(19)15-7-9-3-4-16-18(9)2/h3-6H,7H2,1-2H3,(H,14,17)(H,15,19). The van der Waals surface area contributed by atoms with Crippen LogP contribution in [0.25, 0.3) is 0 Å². The highest BCUT2D eigenvalue weighted by molar-refractivity contribution is 6.29. The van der Waals surface area contributed by atoms with E-state index in [0.29, 0.717) is 17.9 Å². The van der Waals surface area contributed by atoms with Crippen molar-refractivity contribution in [3.05, 3.63) is 40.8 Å². The summed E-state index contributed by atoms with van der Waals surface area (Å²) in [4.78, 5) is 16.0. The molecule has 0 fully saturated rings. The topological polar surface area (TPSA) is 71.8 Å². The molecule has 2 rings (SSSR count). The summed E-state index contributed by atoms with van der Waals surface area (Å²) < 4.78 is 1.71. The van der Waals surface area contributed by atoms with Gasteiger partial charge in [-0.2, -0.15) is 5.10 Å². The molecule has 6 nitrogen and oxygen atoms in total. The predicted octanol–water partition coefficient (Wildman–Crippen LogP) is 1.44. The molecule has 2 aromatic heterocycles. The van der Waals surface area contributed by atoms with Gasteiger partial charge in [0.25, 0.3) is 5.91 Å². The van der Waals surface area contributed by atoms with Crippen LogP contribution < -0.4 is 10.6 Å². The maximum atomic E-state index is 12.0. The first-order valence-corrected chi connectivity index (χ1v) is 6.08. The molecular formula is C12H14ClN5O. The molecule has 0 unspecified atom stereocenters. The molecule has 0 aliphatic carbocycles. The SMILES string of the molecule is CNc1cc(C(=O)NCc2ccnn2C)cc(Cl)n1. The van der Waals surface area contributed by atoms with Gasteiger partial charge in [-0.05, 0) is 18.2 Å². The van der Waals surface area contributed by atoms with Crippen LogP contribution in [0.4, 0.5) is 5.82 Å². The van der Waals surface area contributed by atoms with Crippen molar-refractivity contribution in [1.82, 2.24) is 20.1 Å². The fourth-order valence-corrected chi connectivity index (χ4v) is 1.81. The Morgan fingerprint density at radius 1 is 1.47 bits per heavy atom. The molecule has 100 valence electrons. The van der Waals surface area contributed by atoms with Crippen molar-refractivity contribution in [3.63, 3.8) is 0 Å². The van der Waals surface area contributed by atoms with Crippen molar-refractivity contribution in [2.75, 3.05) is 12.4 Å². The maximum Gasteiger partial charge on any atom is 0.251 e. The van der Waals surface area contributed by atoms with Gasteiger partial charge in [-0.25, -0.2) is 4.98 Å².